The van der Waals surface area contributed by atoms with Gasteiger partial charge in [-0.25, -0.2) is 4.98 Å². The van der Waals surface area contributed by atoms with Gasteiger partial charge in [-0.1, -0.05) is 44.1 Å². The molecule has 0 radical (unpaired) electrons. The first kappa shape index (κ1) is 13.6. The Morgan fingerprint density at radius 2 is 2.06 bits per heavy atom. The summed E-state index contributed by atoms with van der Waals surface area (Å²) >= 11 is 7.30. The normalized spacial score (nSPS) is 11.6. The average molecular weight is 261 g/mol. The van der Waals surface area contributed by atoms with Gasteiger partial charge in [0.2, 0.25) is 5.88 Å². The Morgan fingerprint density at radius 3 is 2.62 bits per heavy atom. The number of rotatable bonds is 4. The third-order valence-electron chi connectivity index (χ3n) is 1.94. The third-order valence-corrected chi connectivity index (χ3v) is 2.68. The van der Waals surface area contributed by atoms with Crippen LogP contribution in [0.15, 0.2) is 11.2 Å². The molecule has 1 heterocycles. The molecule has 3 nitrogen and oxygen atoms in total. The molecule has 0 fully saturated rings. The van der Waals surface area contributed by atoms with Crippen LogP contribution in [0, 0.1) is 5.41 Å². The van der Waals surface area contributed by atoms with E-state index in [1.807, 2.05) is 6.26 Å². The monoisotopic (exact) mass is 260 g/mol. The Bertz CT molecular complexity index is 352. The number of nitrogens with zero attached hydrogens (tertiary/aromatic N) is 2. The maximum absolute atomic E-state index is 5.85. The van der Waals surface area contributed by atoms with Crippen LogP contribution in [0.5, 0.6) is 5.88 Å². The number of ether oxygens (including phenoxy) is 1. The predicted octanol–water partition coefficient (Wildman–Crippen LogP) is 3.67. The van der Waals surface area contributed by atoms with Gasteiger partial charge in [0.15, 0.2) is 5.16 Å². The second-order valence-corrected chi connectivity index (χ2v) is 5.84. The minimum Gasteiger partial charge on any atom is -0.478 e. The van der Waals surface area contributed by atoms with Crippen molar-refractivity contribution in [2.45, 2.75) is 32.3 Å². The Hall–Kier alpha value is -0.480. The van der Waals surface area contributed by atoms with E-state index in [-0.39, 0.29) is 5.41 Å². The highest BCUT2D eigenvalue weighted by molar-refractivity contribution is 7.98. The summed E-state index contributed by atoms with van der Waals surface area (Å²) in [5, 5.41) is 1.06. The molecule has 0 N–H and O–H groups in total. The number of hydrogen-bond acceptors (Lipinski definition) is 4. The zero-order chi connectivity index (χ0) is 12.2. The van der Waals surface area contributed by atoms with Gasteiger partial charge in [-0.3, -0.25) is 0 Å². The second-order valence-electron chi connectivity index (χ2n) is 4.67. The summed E-state index contributed by atoms with van der Waals surface area (Å²) in [5.41, 5.74) is 0.263. The highest BCUT2D eigenvalue weighted by Gasteiger charge is 2.10. The lowest BCUT2D eigenvalue weighted by Crippen LogP contribution is -2.11. The largest absolute Gasteiger partial charge is 0.478 e. The molecule has 0 aliphatic carbocycles. The molecule has 5 heteroatoms. The SMILES string of the molecule is CSc1nc(Cl)cc(OCCC(C)(C)C)n1. The van der Waals surface area contributed by atoms with E-state index >= 15 is 0 Å². The molecule has 0 spiro atoms. The minimum atomic E-state index is 0.263. The summed E-state index contributed by atoms with van der Waals surface area (Å²) in [6.45, 7) is 7.18. The molecule has 1 rings (SSSR count). The number of hydrogen-bond donors (Lipinski definition) is 0. The Balaban J connectivity index is 2.57. The van der Waals surface area contributed by atoms with Crippen LogP contribution in [-0.2, 0) is 0 Å². The zero-order valence-corrected chi connectivity index (χ0v) is 11.7. The molecule has 90 valence electrons. The third kappa shape index (κ3) is 5.03. The van der Waals surface area contributed by atoms with Crippen LogP contribution in [0.2, 0.25) is 5.15 Å². The molecule has 0 bridgehead atoms. The first-order valence-electron chi connectivity index (χ1n) is 5.12. The summed E-state index contributed by atoms with van der Waals surface area (Å²) in [4.78, 5) is 8.26. The van der Waals surface area contributed by atoms with E-state index < -0.39 is 0 Å². The van der Waals surface area contributed by atoms with Crippen molar-refractivity contribution >= 4 is 23.4 Å². The molecule has 0 atom stereocenters. The van der Waals surface area contributed by atoms with E-state index in [4.69, 9.17) is 16.3 Å². The minimum absolute atomic E-state index is 0.263. The molecule has 0 aliphatic rings. The molecule has 1 aromatic heterocycles. The number of aromatic nitrogens is 2. The van der Waals surface area contributed by atoms with E-state index in [0.717, 1.165) is 6.42 Å². The van der Waals surface area contributed by atoms with Gasteiger partial charge in [-0.15, -0.1) is 0 Å². The van der Waals surface area contributed by atoms with Gasteiger partial charge < -0.3 is 4.74 Å². The van der Waals surface area contributed by atoms with Crippen LogP contribution in [0.4, 0.5) is 0 Å². The van der Waals surface area contributed by atoms with Gasteiger partial charge in [0.1, 0.15) is 5.15 Å². The van der Waals surface area contributed by atoms with E-state index in [1.54, 1.807) is 6.07 Å². The van der Waals surface area contributed by atoms with Crippen molar-refractivity contribution in [2.24, 2.45) is 5.41 Å². The standard InChI is InChI=1S/C11H17ClN2OS/c1-11(2,3)5-6-15-9-7-8(12)13-10(14-9)16-4/h7H,5-6H2,1-4H3. The average Bonchev–Trinajstić information content (AvgIpc) is 2.14. The van der Waals surface area contributed by atoms with Gasteiger partial charge in [0.05, 0.1) is 6.61 Å². The zero-order valence-electron chi connectivity index (χ0n) is 10.1. The van der Waals surface area contributed by atoms with Crippen LogP contribution in [0.1, 0.15) is 27.2 Å². The van der Waals surface area contributed by atoms with Crippen molar-refractivity contribution in [1.29, 1.82) is 0 Å². The molecule has 0 amide bonds. The van der Waals surface area contributed by atoms with Crippen LogP contribution in [0.25, 0.3) is 0 Å². The van der Waals surface area contributed by atoms with Gasteiger partial charge in [-0.2, -0.15) is 4.98 Å². The van der Waals surface area contributed by atoms with Crippen molar-refractivity contribution in [1.82, 2.24) is 9.97 Å². The predicted molar refractivity (Wildman–Crippen MR) is 68.4 cm³/mol. The van der Waals surface area contributed by atoms with Crippen molar-refractivity contribution in [3.8, 4) is 5.88 Å². The van der Waals surface area contributed by atoms with E-state index in [2.05, 4.69) is 30.7 Å². The molecule has 1 aromatic rings. The lowest BCUT2D eigenvalue weighted by molar-refractivity contribution is 0.234. The summed E-state index contributed by atoms with van der Waals surface area (Å²) in [6, 6.07) is 1.64. The fourth-order valence-electron chi connectivity index (χ4n) is 1.00. The molecular weight excluding hydrogens is 244 g/mol. The fraction of sp³-hybridized carbons (Fsp3) is 0.636. The van der Waals surface area contributed by atoms with Crippen molar-refractivity contribution in [3.05, 3.63) is 11.2 Å². The van der Waals surface area contributed by atoms with Gasteiger partial charge in [-0.05, 0) is 18.1 Å². The van der Waals surface area contributed by atoms with Gasteiger partial charge in [0.25, 0.3) is 0 Å². The summed E-state index contributed by atoms with van der Waals surface area (Å²) < 4.78 is 5.56. The maximum Gasteiger partial charge on any atom is 0.218 e. The van der Waals surface area contributed by atoms with Crippen molar-refractivity contribution in [3.63, 3.8) is 0 Å². The lowest BCUT2D eigenvalue weighted by Gasteiger charge is -2.17. The Labute approximate surface area is 106 Å². The second kappa shape index (κ2) is 5.73. The number of halogens is 1. The molecule has 16 heavy (non-hydrogen) atoms. The number of thioether (sulfide) groups is 1. The lowest BCUT2D eigenvalue weighted by atomic mass is 9.93. The Morgan fingerprint density at radius 1 is 1.38 bits per heavy atom. The van der Waals surface area contributed by atoms with Crippen molar-refractivity contribution < 1.29 is 4.74 Å². The van der Waals surface area contributed by atoms with E-state index in [0.29, 0.717) is 22.8 Å². The molecule has 0 aliphatic heterocycles. The highest BCUT2D eigenvalue weighted by Crippen LogP contribution is 2.21. The van der Waals surface area contributed by atoms with E-state index in [9.17, 15) is 0 Å². The van der Waals surface area contributed by atoms with Crippen LogP contribution in [-0.4, -0.2) is 22.8 Å². The van der Waals surface area contributed by atoms with Crippen LogP contribution < -0.4 is 4.74 Å². The fourth-order valence-corrected chi connectivity index (χ4v) is 1.60. The first-order chi connectivity index (χ1) is 7.40. The molecule has 0 saturated heterocycles. The van der Waals surface area contributed by atoms with Crippen LogP contribution >= 0.6 is 23.4 Å². The molecule has 0 unspecified atom stereocenters. The smallest absolute Gasteiger partial charge is 0.218 e. The Kier molecular flexibility index (Phi) is 4.87. The first-order valence-corrected chi connectivity index (χ1v) is 6.72. The van der Waals surface area contributed by atoms with Gasteiger partial charge in [0, 0.05) is 6.07 Å². The maximum atomic E-state index is 5.85. The molecule has 0 saturated carbocycles. The quantitative estimate of drug-likeness (QED) is 0.470. The van der Waals surface area contributed by atoms with Crippen LogP contribution in [0.3, 0.4) is 0 Å². The molecular formula is C11H17ClN2OS. The summed E-state index contributed by atoms with van der Waals surface area (Å²) in [6.07, 6.45) is 2.88. The summed E-state index contributed by atoms with van der Waals surface area (Å²) in [7, 11) is 0. The topological polar surface area (TPSA) is 35.0 Å². The highest BCUT2D eigenvalue weighted by atomic mass is 35.5. The van der Waals surface area contributed by atoms with E-state index in [1.165, 1.54) is 11.8 Å². The molecule has 0 aromatic carbocycles. The summed E-state index contributed by atoms with van der Waals surface area (Å²) in [5.74, 6) is 0.550. The van der Waals surface area contributed by atoms with Crippen molar-refractivity contribution in [2.75, 3.05) is 12.9 Å². The van der Waals surface area contributed by atoms with Gasteiger partial charge >= 0.3 is 0 Å².